The highest BCUT2D eigenvalue weighted by Crippen LogP contribution is 2.34. The standard InChI is InChI=1S/C30H32N2/c1-29(2,3)26-11-7-9-21(16-26)22-12-14-32-28(19-22)25-15-24(23-10-8-13-31-20-23)17-27(18-25)30(4,5)6/h7-20H,1-6H3. The summed E-state index contributed by atoms with van der Waals surface area (Å²) in [6, 6.07) is 24.0. The third kappa shape index (κ3) is 4.80. The molecule has 0 atom stereocenters. The van der Waals surface area contributed by atoms with E-state index < -0.39 is 0 Å². The first-order valence-electron chi connectivity index (χ1n) is 11.2. The van der Waals surface area contributed by atoms with Crippen molar-refractivity contribution in [3.63, 3.8) is 0 Å². The molecule has 0 N–H and O–H groups in total. The van der Waals surface area contributed by atoms with Crippen LogP contribution in [0, 0.1) is 0 Å². The number of hydrogen-bond acceptors (Lipinski definition) is 2. The van der Waals surface area contributed by atoms with Crippen LogP contribution in [0.25, 0.3) is 33.5 Å². The van der Waals surface area contributed by atoms with E-state index in [4.69, 9.17) is 4.98 Å². The van der Waals surface area contributed by atoms with Crippen molar-refractivity contribution in [3.05, 3.63) is 96.4 Å². The van der Waals surface area contributed by atoms with Gasteiger partial charge < -0.3 is 0 Å². The van der Waals surface area contributed by atoms with Crippen LogP contribution in [0.4, 0.5) is 0 Å². The van der Waals surface area contributed by atoms with Crippen molar-refractivity contribution < 1.29 is 0 Å². The van der Waals surface area contributed by atoms with Gasteiger partial charge in [-0.05, 0) is 69.0 Å². The molecular weight excluding hydrogens is 388 g/mol. The lowest BCUT2D eigenvalue weighted by molar-refractivity contribution is 0.590. The summed E-state index contributed by atoms with van der Waals surface area (Å²) in [5.41, 5.74) is 9.58. The molecule has 2 aromatic heterocycles. The molecule has 0 saturated heterocycles. The summed E-state index contributed by atoms with van der Waals surface area (Å²) in [7, 11) is 0. The van der Waals surface area contributed by atoms with Gasteiger partial charge in [0, 0.05) is 29.7 Å². The molecule has 2 heterocycles. The summed E-state index contributed by atoms with van der Waals surface area (Å²) in [5.74, 6) is 0. The number of nitrogens with zero attached hydrogens (tertiary/aromatic N) is 2. The molecule has 0 aliphatic carbocycles. The van der Waals surface area contributed by atoms with Gasteiger partial charge in [0.25, 0.3) is 0 Å². The van der Waals surface area contributed by atoms with Crippen LogP contribution in [-0.4, -0.2) is 9.97 Å². The monoisotopic (exact) mass is 420 g/mol. The van der Waals surface area contributed by atoms with Crippen LogP contribution >= 0.6 is 0 Å². The van der Waals surface area contributed by atoms with E-state index in [1.54, 1.807) is 0 Å². The number of rotatable bonds is 3. The molecule has 0 unspecified atom stereocenters. The highest BCUT2D eigenvalue weighted by Gasteiger charge is 2.18. The second-order valence-electron chi connectivity index (χ2n) is 10.6. The zero-order valence-electron chi connectivity index (χ0n) is 20.0. The first-order valence-corrected chi connectivity index (χ1v) is 11.2. The van der Waals surface area contributed by atoms with Gasteiger partial charge in [-0.1, -0.05) is 77.9 Å². The smallest absolute Gasteiger partial charge is 0.0708 e. The van der Waals surface area contributed by atoms with Gasteiger partial charge in [0.2, 0.25) is 0 Å². The molecule has 162 valence electrons. The Kier molecular flexibility index (Phi) is 5.73. The fraction of sp³-hybridized carbons (Fsp3) is 0.267. The van der Waals surface area contributed by atoms with Crippen molar-refractivity contribution in [3.8, 4) is 33.5 Å². The Bertz CT molecular complexity index is 1230. The quantitative estimate of drug-likeness (QED) is 0.335. The third-order valence-corrected chi connectivity index (χ3v) is 5.91. The molecule has 0 saturated carbocycles. The van der Waals surface area contributed by atoms with Crippen LogP contribution in [-0.2, 0) is 10.8 Å². The molecule has 0 bridgehead atoms. The maximum atomic E-state index is 4.75. The van der Waals surface area contributed by atoms with Crippen LogP contribution in [0.3, 0.4) is 0 Å². The highest BCUT2D eigenvalue weighted by molar-refractivity contribution is 5.76. The van der Waals surface area contributed by atoms with Crippen LogP contribution in [0.2, 0.25) is 0 Å². The lowest BCUT2D eigenvalue weighted by atomic mass is 9.83. The third-order valence-electron chi connectivity index (χ3n) is 5.91. The lowest BCUT2D eigenvalue weighted by Crippen LogP contribution is -2.11. The molecule has 0 aliphatic heterocycles. The summed E-state index contributed by atoms with van der Waals surface area (Å²) < 4.78 is 0. The van der Waals surface area contributed by atoms with Gasteiger partial charge in [0.1, 0.15) is 0 Å². The molecule has 2 nitrogen and oxygen atoms in total. The van der Waals surface area contributed by atoms with E-state index in [1.165, 1.54) is 27.8 Å². The molecule has 0 amide bonds. The van der Waals surface area contributed by atoms with Gasteiger partial charge in [0.05, 0.1) is 5.69 Å². The van der Waals surface area contributed by atoms with Gasteiger partial charge in [-0.3, -0.25) is 9.97 Å². The van der Waals surface area contributed by atoms with Crippen molar-refractivity contribution in [1.82, 2.24) is 9.97 Å². The lowest BCUT2D eigenvalue weighted by Gasteiger charge is -2.22. The average Bonchev–Trinajstić information content (AvgIpc) is 2.78. The predicted molar refractivity (Wildman–Crippen MR) is 136 cm³/mol. The summed E-state index contributed by atoms with van der Waals surface area (Å²) in [4.78, 5) is 9.07. The first kappa shape index (κ1) is 22.0. The van der Waals surface area contributed by atoms with Crippen molar-refractivity contribution in [2.75, 3.05) is 0 Å². The van der Waals surface area contributed by atoms with Crippen LogP contribution in [0.5, 0.6) is 0 Å². The van der Waals surface area contributed by atoms with Crippen molar-refractivity contribution in [2.45, 2.75) is 52.4 Å². The molecule has 2 aromatic carbocycles. The number of hydrogen-bond donors (Lipinski definition) is 0. The molecule has 2 heteroatoms. The Labute approximate surface area is 192 Å². The molecule has 0 spiro atoms. The molecule has 0 aliphatic rings. The molecule has 4 aromatic rings. The molecule has 0 radical (unpaired) electrons. The van der Waals surface area contributed by atoms with E-state index in [0.29, 0.717) is 0 Å². The van der Waals surface area contributed by atoms with Gasteiger partial charge in [0.15, 0.2) is 0 Å². The van der Waals surface area contributed by atoms with Crippen LogP contribution in [0.15, 0.2) is 85.3 Å². The Morgan fingerprint density at radius 1 is 0.531 bits per heavy atom. The first-order chi connectivity index (χ1) is 15.1. The van der Waals surface area contributed by atoms with E-state index in [1.807, 2.05) is 24.7 Å². The topological polar surface area (TPSA) is 25.8 Å². The van der Waals surface area contributed by atoms with Gasteiger partial charge in [-0.15, -0.1) is 0 Å². The Morgan fingerprint density at radius 3 is 1.88 bits per heavy atom. The minimum atomic E-state index is 0.0334. The molecule has 0 fully saturated rings. The molecular formula is C30H32N2. The zero-order valence-corrected chi connectivity index (χ0v) is 20.0. The second-order valence-corrected chi connectivity index (χ2v) is 10.6. The van der Waals surface area contributed by atoms with E-state index in [2.05, 4.69) is 107 Å². The van der Waals surface area contributed by atoms with E-state index in [-0.39, 0.29) is 10.8 Å². The summed E-state index contributed by atoms with van der Waals surface area (Å²) in [6.45, 7) is 13.5. The van der Waals surface area contributed by atoms with Gasteiger partial charge in [-0.25, -0.2) is 0 Å². The summed E-state index contributed by atoms with van der Waals surface area (Å²) in [5, 5.41) is 0. The predicted octanol–water partition coefficient (Wildman–Crippen LogP) is 8.07. The fourth-order valence-corrected chi connectivity index (χ4v) is 3.84. The highest BCUT2D eigenvalue weighted by atomic mass is 14.7. The zero-order chi connectivity index (χ0) is 22.9. The maximum absolute atomic E-state index is 4.75. The maximum Gasteiger partial charge on any atom is 0.0708 e. The molecule has 4 rings (SSSR count). The second kappa shape index (κ2) is 8.35. The largest absolute Gasteiger partial charge is 0.264 e. The van der Waals surface area contributed by atoms with E-state index >= 15 is 0 Å². The van der Waals surface area contributed by atoms with Crippen molar-refractivity contribution in [2.24, 2.45) is 0 Å². The SMILES string of the molecule is CC(C)(C)c1cccc(-c2ccnc(-c3cc(-c4cccnc4)cc(C(C)(C)C)c3)c2)c1. The van der Waals surface area contributed by atoms with Crippen molar-refractivity contribution in [1.29, 1.82) is 0 Å². The minimum Gasteiger partial charge on any atom is -0.264 e. The summed E-state index contributed by atoms with van der Waals surface area (Å²) in [6.07, 6.45) is 5.66. The Morgan fingerprint density at radius 2 is 1.19 bits per heavy atom. The van der Waals surface area contributed by atoms with Crippen LogP contribution < -0.4 is 0 Å². The Balaban J connectivity index is 1.83. The minimum absolute atomic E-state index is 0.0334. The van der Waals surface area contributed by atoms with Gasteiger partial charge >= 0.3 is 0 Å². The number of benzene rings is 2. The fourth-order valence-electron chi connectivity index (χ4n) is 3.84. The van der Waals surface area contributed by atoms with Gasteiger partial charge in [-0.2, -0.15) is 0 Å². The molecule has 32 heavy (non-hydrogen) atoms. The number of pyridine rings is 2. The number of aromatic nitrogens is 2. The van der Waals surface area contributed by atoms with Crippen LogP contribution in [0.1, 0.15) is 52.7 Å². The average molecular weight is 421 g/mol. The normalized spacial score (nSPS) is 12.1. The summed E-state index contributed by atoms with van der Waals surface area (Å²) >= 11 is 0. The Hall–Kier alpha value is -3.26. The van der Waals surface area contributed by atoms with Crippen molar-refractivity contribution >= 4 is 0 Å². The van der Waals surface area contributed by atoms with E-state index in [9.17, 15) is 0 Å². The van der Waals surface area contributed by atoms with E-state index in [0.717, 1.165) is 16.8 Å².